The number of nitrogens with one attached hydrogen (secondary N) is 1. The minimum atomic E-state index is -0.869. The molecule has 0 aliphatic carbocycles. The molecule has 0 saturated heterocycles. The number of aromatic nitrogens is 3. The third-order valence-corrected chi connectivity index (χ3v) is 6.43. The molecule has 37 heavy (non-hydrogen) atoms. The molecule has 1 amide bonds. The molecule has 2 atom stereocenters. The molecule has 5 rings (SSSR count). The summed E-state index contributed by atoms with van der Waals surface area (Å²) in [7, 11) is 0. The van der Waals surface area contributed by atoms with Crippen LogP contribution < -0.4 is 5.32 Å². The summed E-state index contributed by atoms with van der Waals surface area (Å²) in [4.78, 5) is 18.6. The van der Waals surface area contributed by atoms with Gasteiger partial charge in [0.05, 0.1) is 25.0 Å². The van der Waals surface area contributed by atoms with E-state index in [0.29, 0.717) is 30.8 Å². The highest BCUT2D eigenvalue weighted by molar-refractivity contribution is 6.01. The minimum absolute atomic E-state index is 0.192. The number of nitrogens with zero attached hydrogens (tertiary/aromatic N) is 4. The first-order valence-corrected chi connectivity index (χ1v) is 12.3. The van der Waals surface area contributed by atoms with Gasteiger partial charge in [0, 0.05) is 12.0 Å². The molecule has 2 N–H and O–H groups in total. The third-order valence-electron chi connectivity index (χ3n) is 6.43. The number of aliphatic hydroxyl groups is 1. The maximum Gasteiger partial charge on any atom is 0.251 e. The van der Waals surface area contributed by atoms with Gasteiger partial charge in [0.25, 0.3) is 5.91 Å². The lowest BCUT2D eigenvalue weighted by Gasteiger charge is -2.12. The number of carbonyl (C=O) groups excluding carboxylic acids is 1. The smallest absolute Gasteiger partial charge is 0.251 e. The van der Waals surface area contributed by atoms with Crippen LogP contribution in [0.4, 0.5) is 0 Å². The van der Waals surface area contributed by atoms with E-state index in [0.717, 1.165) is 28.0 Å². The van der Waals surface area contributed by atoms with E-state index in [4.69, 9.17) is 4.84 Å². The Labute approximate surface area is 215 Å². The minimum Gasteiger partial charge on any atom is -0.390 e. The summed E-state index contributed by atoms with van der Waals surface area (Å²) < 4.78 is 1.63. The summed E-state index contributed by atoms with van der Waals surface area (Å²) in [6.45, 7) is 4.74. The van der Waals surface area contributed by atoms with E-state index in [-0.39, 0.29) is 12.0 Å². The standard InChI is InChI=1S/C29H29N5O3/c1-19-7-11-21(12-8-19)26-15-24(37-32-26)16-30-29(36)25-6-4-3-5-23(25)17-34-18-27(31-33-34)28(35)22-13-9-20(2)10-14-22/h3-14,18,24,28,35H,15-17H2,1-2H3,(H,30,36). The van der Waals surface area contributed by atoms with Gasteiger partial charge < -0.3 is 15.3 Å². The summed E-state index contributed by atoms with van der Waals surface area (Å²) in [5, 5.41) is 26.2. The molecular weight excluding hydrogens is 466 g/mol. The van der Waals surface area contributed by atoms with Gasteiger partial charge in [-0.25, -0.2) is 4.68 Å². The van der Waals surface area contributed by atoms with Gasteiger partial charge in [-0.3, -0.25) is 4.79 Å². The van der Waals surface area contributed by atoms with Crippen LogP contribution in [0, 0.1) is 13.8 Å². The molecule has 1 aliphatic heterocycles. The number of aliphatic hydroxyl groups excluding tert-OH is 1. The fourth-order valence-corrected chi connectivity index (χ4v) is 4.25. The first kappa shape index (κ1) is 24.4. The van der Waals surface area contributed by atoms with Crippen molar-refractivity contribution in [2.24, 2.45) is 5.16 Å². The highest BCUT2D eigenvalue weighted by Crippen LogP contribution is 2.21. The topological polar surface area (TPSA) is 102 Å². The number of oxime groups is 1. The SMILES string of the molecule is Cc1ccc(C2=NOC(CNC(=O)c3ccccc3Cn3cc(C(O)c4ccc(C)cc4)nn3)C2)cc1. The zero-order valence-electron chi connectivity index (χ0n) is 20.8. The first-order valence-electron chi connectivity index (χ1n) is 12.3. The van der Waals surface area contributed by atoms with Gasteiger partial charge in [-0.05, 0) is 36.6 Å². The van der Waals surface area contributed by atoms with Crippen molar-refractivity contribution in [3.05, 3.63) is 118 Å². The van der Waals surface area contributed by atoms with Crippen LogP contribution in [0.2, 0.25) is 0 Å². The molecule has 8 nitrogen and oxygen atoms in total. The van der Waals surface area contributed by atoms with E-state index in [9.17, 15) is 9.90 Å². The Kier molecular flexibility index (Phi) is 7.09. The Bertz CT molecular complexity index is 1410. The third kappa shape index (κ3) is 5.76. The summed E-state index contributed by atoms with van der Waals surface area (Å²) in [6, 6.07) is 23.2. The van der Waals surface area contributed by atoms with Crippen LogP contribution in [-0.2, 0) is 11.4 Å². The maximum atomic E-state index is 13.0. The van der Waals surface area contributed by atoms with E-state index in [1.165, 1.54) is 5.56 Å². The fraction of sp³-hybridized carbons (Fsp3) is 0.241. The van der Waals surface area contributed by atoms with Crippen molar-refractivity contribution in [2.45, 2.75) is 39.0 Å². The molecule has 1 aromatic heterocycles. The van der Waals surface area contributed by atoms with Gasteiger partial charge >= 0.3 is 0 Å². The molecule has 0 spiro atoms. The Hall–Kier alpha value is -4.30. The van der Waals surface area contributed by atoms with Crippen molar-refractivity contribution >= 4 is 11.6 Å². The number of amides is 1. The average molecular weight is 496 g/mol. The van der Waals surface area contributed by atoms with Crippen molar-refractivity contribution in [2.75, 3.05) is 6.54 Å². The van der Waals surface area contributed by atoms with Crippen LogP contribution in [0.5, 0.6) is 0 Å². The second kappa shape index (κ2) is 10.8. The number of rotatable bonds is 8. The number of carbonyl (C=O) groups is 1. The Balaban J connectivity index is 1.20. The largest absolute Gasteiger partial charge is 0.390 e. The first-order chi connectivity index (χ1) is 18.0. The molecule has 1 aliphatic rings. The van der Waals surface area contributed by atoms with Gasteiger partial charge in [-0.15, -0.1) is 5.10 Å². The zero-order valence-corrected chi connectivity index (χ0v) is 20.8. The zero-order chi connectivity index (χ0) is 25.8. The number of aryl methyl sites for hydroxylation is 2. The van der Waals surface area contributed by atoms with Crippen molar-refractivity contribution in [3.63, 3.8) is 0 Å². The van der Waals surface area contributed by atoms with Crippen LogP contribution in [0.15, 0.2) is 84.1 Å². The van der Waals surface area contributed by atoms with Crippen molar-refractivity contribution in [1.29, 1.82) is 0 Å². The van der Waals surface area contributed by atoms with Crippen LogP contribution in [0.3, 0.4) is 0 Å². The molecule has 2 unspecified atom stereocenters. The average Bonchev–Trinajstić information content (AvgIpc) is 3.58. The fourth-order valence-electron chi connectivity index (χ4n) is 4.25. The van der Waals surface area contributed by atoms with Gasteiger partial charge in [-0.2, -0.15) is 0 Å². The second-order valence-corrected chi connectivity index (χ2v) is 9.36. The lowest BCUT2D eigenvalue weighted by molar-refractivity contribution is 0.0753. The second-order valence-electron chi connectivity index (χ2n) is 9.36. The van der Waals surface area contributed by atoms with Crippen LogP contribution in [0.1, 0.15) is 56.4 Å². The van der Waals surface area contributed by atoms with Crippen LogP contribution >= 0.6 is 0 Å². The van der Waals surface area contributed by atoms with E-state index >= 15 is 0 Å². The van der Waals surface area contributed by atoms with Crippen LogP contribution in [0.25, 0.3) is 0 Å². The molecule has 4 aromatic rings. The summed E-state index contributed by atoms with van der Waals surface area (Å²) in [5.41, 5.74) is 6.78. The highest BCUT2D eigenvalue weighted by atomic mass is 16.6. The molecule has 0 saturated carbocycles. The molecule has 0 radical (unpaired) electrons. The molecular formula is C29H29N5O3. The molecule has 3 aromatic carbocycles. The van der Waals surface area contributed by atoms with E-state index in [1.807, 2.05) is 80.6 Å². The lowest BCUT2D eigenvalue weighted by Crippen LogP contribution is -2.33. The molecule has 0 bridgehead atoms. The van der Waals surface area contributed by atoms with Crippen molar-refractivity contribution in [1.82, 2.24) is 20.3 Å². The van der Waals surface area contributed by atoms with E-state index in [2.05, 4.69) is 20.8 Å². The van der Waals surface area contributed by atoms with Gasteiger partial charge in [-0.1, -0.05) is 88.2 Å². The Morgan fingerprint density at radius 2 is 1.76 bits per heavy atom. The maximum absolute atomic E-state index is 13.0. The van der Waals surface area contributed by atoms with Gasteiger partial charge in [0.15, 0.2) is 0 Å². The van der Waals surface area contributed by atoms with Gasteiger partial charge in [0.1, 0.15) is 17.9 Å². The van der Waals surface area contributed by atoms with E-state index < -0.39 is 6.10 Å². The quantitative estimate of drug-likeness (QED) is 0.386. The lowest BCUT2D eigenvalue weighted by atomic mass is 10.0. The predicted molar refractivity (Wildman–Crippen MR) is 140 cm³/mol. The van der Waals surface area contributed by atoms with Crippen molar-refractivity contribution < 1.29 is 14.7 Å². The number of hydrogen-bond acceptors (Lipinski definition) is 6. The van der Waals surface area contributed by atoms with Crippen molar-refractivity contribution in [3.8, 4) is 0 Å². The van der Waals surface area contributed by atoms with Crippen LogP contribution in [-0.4, -0.2) is 44.4 Å². The molecule has 2 heterocycles. The summed E-state index contributed by atoms with van der Waals surface area (Å²) >= 11 is 0. The summed E-state index contributed by atoms with van der Waals surface area (Å²) in [5.74, 6) is -0.192. The molecule has 8 heteroatoms. The highest BCUT2D eigenvalue weighted by Gasteiger charge is 2.23. The Morgan fingerprint density at radius 3 is 2.51 bits per heavy atom. The molecule has 0 fully saturated rings. The monoisotopic (exact) mass is 495 g/mol. The number of benzene rings is 3. The van der Waals surface area contributed by atoms with E-state index in [1.54, 1.807) is 16.9 Å². The molecule has 188 valence electrons. The van der Waals surface area contributed by atoms with Gasteiger partial charge in [0.2, 0.25) is 0 Å². The number of hydrogen-bond donors (Lipinski definition) is 2. The summed E-state index contributed by atoms with van der Waals surface area (Å²) in [6.07, 6.45) is 1.26. The Morgan fingerprint density at radius 1 is 1.05 bits per heavy atom. The normalized spacial score (nSPS) is 15.6. The predicted octanol–water partition coefficient (Wildman–Crippen LogP) is 3.95.